The SMILES string of the molecule is [C-]#[N+]c1ccc(N[C@@H](c2nnc(-c3ccc(Cl)c(Cl)c3)o2)C(C)O)c(C)c1Cl. The molecule has 0 fully saturated rings. The van der Waals surface area contributed by atoms with E-state index in [-0.39, 0.29) is 11.8 Å². The van der Waals surface area contributed by atoms with Gasteiger partial charge in [-0.05, 0) is 43.7 Å². The maximum Gasteiger partial charge on any atom is 0.247 e. The average molecular weight is 438 g/mol. The fourth-order valence-corrected chi connectivity index (χ4v) is 3.08. The van der Waals surface area contributed by atoms with Gasteiger partial charge in [0, 0.05) is 11.3 Å². The summed E-state index contributed by atoms with van der Waals surface area (Å²) in [5, 5.41) is 22.6. The lowest BCUT2D eigenvalue weighted by molar-refractivity contribution is 0.159. The van der Waals surface area contributed by atoms with E-state index in [0.29, 0.717) is 37.6 Å². The van der Waals surface area contributed by atoms with Crippen LogP contribution in [-0.4, -0.2) is 21.4 Å². The van der Waals surface area contributed by atoms with Crippen molar-refractivity contribution in [3.63, 3.8) is 0 Å². The van der Waals surface area contributed by atoms with Crippen molar-refractivity contribution in [1.82, 2.24) is 10.2 Å². The molecule has 0 amide bonds. The Bertz CT molecular complexity index is 1060. The molecule has 9 heteroatoms. The van der Waals surface area contributed by atoms with Crippen LogP contribution in [0.25, 0.3) is 16.3 Å². The molecule has 28 heavy (non-hydrogen) atoms. The van der Waals surface area contributed by atoms with Gasteiger partial charge in [-0.3, -0.25) is 0 Å². The summed E-state index contributed by atoms with van der Waals surface area (Å²) >= 11 is 18.2. The summed E-state index contributed by atoms with van der Waals surface area (Å²) in [5.74, 6) is 0.444. The molecule has 0 saturated carbocycles. The van der Waals surface area contributed by atoms with Crippen molar-refractivity contribution in [2.75, 3.05) is 5.32 Å². The van der Waals surface area contributed by atoms with Gasteiger partial charge in [0.1, 0.15) is 6.04 Å². The molecule has 144 valence electrons. The molecule has 0 aliphatic carbocycles. The number of nitrogens with one attached hydrogen (secondary N) is 1. The number of anilines is 1. The quantitative estimate of drug-likeness (QED) is 0.472. The highest BCUT2D eigenvalue weighted by atomic mass is 35.5. The van der Waals surface area contributed by atoms with Gasteiger partial charge in [0.05, 0.1) is 27.7 Å². The largest absolute Gasteiger partial charge is 0.418 e. The van der Waals surface area contributed by atoms with Crippen LogP contribution in [0.3, 0.4) is 0 Å². The van der Waals surface area contributed by atoms with Crippen LogP contribution in [0.1, 0.15) is 24.4 Å². The zero-order valence-corrected chi connectivity index (χ0v) is 17.1. The number of aliphatic hydroxyl groups is 1. The maximum absolute atomic E-state index is 10.2. The molecule has 0 aliphatic heterocycles. The molecule has 0 aliphatic rings. The smallest absolute Gasteiger partial charge is 0.247 e. The monoisotopic (exact) mass is 436 g/mol. The molecular weight excluding hydrogens is 423 g/mol. The van der Waals surface area contributed by atoms with Gasteiger partial charge in [-0.15, -0.1) is 10.2 Å². The highest BCUT2D eigenvalue weighted by Gasteiger charge is 2.25. The molecule has 6 nitrogen and oxygen atoms in total. The molecule has 1 unspecified atom stereocenters. The lowest BCUT2D eigenvalue weighted by Gasteiger charge is -2.21. The van der Waals surface area contributed by atoms with Crippen LogP contribution in [0.2, 0.25) is 15.1 Å². The summed E-state index contributed by atoms with van der Waals surface area (Å²) in [5.41, 5.74) is 2.30. The fraction of sp³-hybridized carbons (Fsp3) is 0.211. The zero-order valence-electron chi connectivity index (χ0n) is 14.9. The Morgan fingerprint density at radius 3 is 2.54 bits per heavy atom. The number of halogens is 3. The van der Waals surface area contributed by atoms with Gasteiger partial charge >= 0.3 is 0 Å². The Hall–Kier alpha value is -2.30. The van der Waals surface area contributed by atoms with E-state index in [9.17, 15) is 5.11 Å². The first-order chi connectivity index (χ1) is 13.3. The Kier molecular flexibility index (Phi) is 6.11. The van der Waals surface area contributed by atoms with Crippen LogP contribution in [0, 0.1) is 13.5 Å². The first kappa shape index (κ1) is 20.4. The first-order valence-electron chi connectivity index (χ1n) is 8.21. The minimum absolute atomic E-state index is 0.195. The van der Waals surface area contributed by atoms with Crippen LogP contribution in [0.4, 0.5) is 11.4 Å². The third-order valence-electron chi connectivity index (χ3n) is 4.15. The number of aliphatic hydroxyl groups excluding tert-OH is 1. The van der Waals surface area contributed by atoms with Gasteiger partial charge in [-0.1, -0.05) is 40.9 Å². The van der Waals surface area contributed by atoms with Crippen molar-refractivity contribution in [3.05, 3.63) is 68.3 Å². The van der Waals surface area contributed by atoms with Crippen molar-refractivity contribution in [1.29, 1.82) is 0 Å². The molecule has 2 N–H and O–H groups in total. The molecule has 0 radical (unpaired) electrons. The maximum atomic E-state index is 10.2. The molecule has 2 aromatic carbocycles. The van der Waals surface area contributed by atoms with E-state index in [2.05, 4.69) is 20.4 Å². The number of aromatic nitrogens is 2. The van der Waals surface area contributed by atoms with Crippen molar-refractivity contribution in [2.45, 2.75) is 26.0 Å². The topological polar surface area (TPSA) is 75.5 Å². The minimum atomic E-state index is -0.846. The Labute approximate surface area is 176 Å². The number of rotatable bonds is 5. The van der Waals surface area contributed by atoms with E-state index in [1.807, 2.05) is 0 Å². The lowest BCUT2D eigenvalue weighted by atomic mass is 10.1. The van der Waals surface area contributed by atoms with Gasteiger partial charge in [-0.25, -0.2) is 4.85 Å². The van der Waals surface area contributed by atoms with E-state index in [4.69, 9.17) is 45.8 Å². The molecule has 2 atom stereocenters. The van der Waals surface area contributed by atoms with Crippen LogP contribution in [-0.2, 0) is 0 Å². The van der Waals surface area contributed by atoms with E-state index in [0.717, 1.165) is 0 Å². The standard InChI is InChI=1S/C19H15Cl3N4O2/c1-9-14(6-7-15(23-3)16(9)22)24-17(10(2)27)19-26-25-18(28-19)11-4-5-12(20)13(21)8-11/h4-8,10,17,24,27H,1-2H3/t10?,17-/m1/s1. The summed E-state index contributed by atoms with van der Waals surface area (Å²) in [6.45, 7) is 10.5. The number of hydrogen-bond donors (Lipinski definition) is 2. The van der Waals surface area contributed by atoms with Gasteiger partial charge < -0.3 is 14.8 Å². The van der Waals surface area contributed by atoms with Gasteiger partial charge in [0.2, 0.25) is 17.5 Å². The van der Waals surface area contributed by atoms with Crippen molar-refractivity contribution in [3.8, 4) is 11.5 Å². The molecule has 0 spiro atoms. The minimum Gasteiger partial charge on any atom is -0.418 e. The van der Waals surface area contributed by atoms with Crippen molar-refractivity contribution >= 4 is 46.2 Å². The van der Waals surface area contributed by atoms with E-state index >= 15 is 0 Å². The molecule has 3 aromatic rings. The van der Waals surface area contributed by atoms with Gasteiger partial charge in [0.15, 0.2) is 0 Å². The number of nitrogens with zero attached hydrogens (tertiary/aromatic N) is 3. The number of benzene rings is 2. The fourth-order valence-electron chi connectivity index (χ4n) is 2.58. The second-order valence-electron chi connectivity index (χ2n) is 6.12. The summed E-state index contributed by atoms with van der Waals surface area (Å²) in [6, 6.07) is 7.62. The summed E-state index contributed by atoms with van der Waals surface area (Å²) < 4.78 is 5.75. The highest BCUT2D eigenvalue weighted by molar-refractivity contribution is 6.42. The summed E-state index contributed by atoms with van der Waals surface area (Å²) in [6.07, 6.45) is -0.846. The zero-order chi connectivity index (χ0) is 20.4. The summed E-state index contributed by atoms with van der Waals surface area (Å²) in [4.78, 5) is 3.37. The van der Waals surface area contributed by atoms with Crippen LogP contribution in [0.5, 0.6) is 0 Å². The Balaban J connectivity index is 1.92. The van der Waals surface area contributed by atoms with Crippen LogP contribution in [0.15, 0.2) is 34.7 Å². The number of hydrogen-bond acceptors (Lipinski definition) is 5. The average Bonchev–Trinajstić information content (AvgIpc) is 3.14. The summed E-state index contributed by atoms with van der Waals surface area (Å²) in [7, 11) is 0. The molecule has 1 aromatic heterocycles. The third-order valence-corrected chi connectivity index (χ3v) is 5.37. The molecule has 3 rings (SSSR count). The molecule has 1 heterocycles. The molecule has 0 bridgehead atoms. The Morgan fingerprint density at radius 2 is 1.89 bits per heavy atom. The van der Waals surface area contributed by atoms with Crippen molar-refractivity contribution < 1.29 is 9.52 Å². The van der Waals surface area contributed by atoms with Gasteiger partial charge in [0.25, 0.3) is 0 Å². The van der Waals surface area contributed by atoms with Crippen LogP contribution < -0.4 is 5.32 Å². The lowest BCUT2D eigenvalue weighted by Crippen LogP contribution is -2.23. The van der Waals surface area contributed by atoms with E-state index in [1.54, 1.807) is 44.2 Å². The predicted molar refractivity (Wildman–Crippen MR) is 110 cm³/mol. The van der Waals surface area contributed by atoms with E-state index < -0.39 is 12.1 Å². The molecular formula is C19H15Cl3N4O2. The van der Waals surface area contributed by atoms with Crippen molar-refractivity contribution in [2.24, 2.45) is 0 Å². The highest BCUT2D eigenvalue weighted by Crippen LogP contribution is 2.35. The first-order valence-corrected chi connectivity index (χ1v) is 9.35. The normalized spacial score (nSPS) is 13.0. The Morgan fingerprint density at radius 1 is 1.14 bits per heavy atom. The van der Waals surface area contributed by atoms with E-state index in [1.165, 1.54) is 0 Å². The molecule has 0 saturated heterocycles. The van der Waals surface area contributed by atoms with Gasteiger partial charge in [-0.2, -0.15) is 0 Å². The van der Waals surface area contributed by atoms with Crippen LogP contribution >= 0.6 is 34.8 Å². The third kappa shape index (κ3) is 4.08. The second-order valence-corrected chi connectivity index (χ2v) is 7.31. The second kappa shape index (κ2) is 8.38. The predicted octanol–water partition coefficient (Wildman–Crippen LogP) is 6.09.